The highest BCUT2D eigenvalue weighted by Gasteiger charge is 2.04. The van der Waals surface area contributed by atoms with Crippen molar-refractivity contribution in [1.82, 2.24) is 0 Å². The zero-order chi connectivity index (χ0) is 14.2. The second kappa shape index (κ2) is 7.75. The first-order chi connectivity index (χ1) is 9.79. The van der Waals surface area contributed by atoms with Crippen LogP contribution in [0.4, 0.5) is 5.69 Å². The van der Waals surface area contributed by atoms with E-state index in [0.717, 1.165) is 11.4 Å². The molecule has 0 aromatic heterocycles. The van der Waals surface area contributed by atoms with Gasteiger partial charge in [-0.1, -0.05) is 31.5 Å². The van der Waals surface area contributed by atoms with E-state index >= 15 is 0 Å². The molecular weight excluding hydrogens is 266 g/mol. The Hall–Kier alpha value is -1.74. The molecule has 0 atom stereocenters. The molecule has 3 heteroatoms. The number of hydrogen-bond acceptors (Lipinski definition) is 2. The van der Waals surface area contributed by atoms with Gasteiger partial charge in [0.25, 0.3) is 5.91 Å². The second-order valence-electron chi connectivity index (χ2n) is 4.55. The number of carbonyl (C=O) groups excluding carboxylic acids is 1. The Labute approximate surface area is 124 Å². The Morgan fingerprint density at radius 3 is 2.40 bits per heavy atom. The number of thioether (sulfide) groups is 1. The van der Waals surface area contributed by atoms with Crippen molar-refractivity contribution in [3.8, 4) is 0 Å². The van der Waals surface area contributed by atoms with E-state index in [9.17, 15) is 4.79 Å². The standard InChI is InChI=1S/C17H19NOS/c1-2-3-13-20-16-11-9-15(10-12-16)18-17(19)14-7-5-4-6-8-14/h4-12H,2-3,13H2,1H3,(H,18,19). The average molecular weight is 285 g/mol. The number of nitrogens with one attached hydrogen (secondary N) is 1. The van der Waals surface area contributed by atoms with Crippen LogP contribution in [0, 0.1) is 0 Å². The van der Waals surface area contributed by atoms with Crippen molar-refractivity contribution in [3.63, 3.8) is 0 Å². The number of rotatable bonds is 6. The highest BCUT2D eigenvalue weighted by Crippen LogP contribution is 2.21. The molecule has 2 nitrogen and oxygen atoms in total. The van der Waals surface area contributed by atoms with Gasteiger partial charge in [-0.3, -0.25) is 4.79 Å². The number of anilines is 1. The van der Waals surface area contributed by atoms with Crippen LogP contribution < -0.4 is 5.32 Å². The molecule has 0 unspecified atom stereocenters. The van der Waals surface area contributed by atoms with E-state index in [-0.39, 0.29) is 5.91 Å². The van der Waals surface area contributed by atoms with Crippen LogP contribution in [0.25, 0.3) is 0 Å². The van der Waals surface area contributed by atoms with E-state index in [1.54, 1.807) is 0 Å². The summed E-state index contributed by atoms with van der Waals surface area (Å²) >= 11 is 1.86. The van der Waals surface area contributed by atoms with Crippen molar-refractivity contribution in [2.45, 2.75) is 24.7 Å². The summed E-state index contributed by atoms with van der Waals surface area (Å²) in [7, 11) is 0. The molecule has 0 aliphatic heterocycles. The van der Waals surface area contributed by atoms with Crippen molar-refractivity contribution in [3.05, 3.63) is 60.2 Å². The molecule has 0 spiro atoms. The van der Waals surface area contributed by atoms with E-state index in [2.05, 4.69) is 24.4 Å². The zero-order valence-electron chi connectivity index (χ0n) is 11.6. The average Bonchev–Trinajstić information content (AvgIpc) is 2.50. The third-order valence-corrected chi connectivity index (χ3v) is 4.01. The molecule has 0 bridgehead atoms. The van der Waals surface area contributed by atoms with Crippen LogP contribution in [-0.4, -0.2) is 11.7 Å². The van der Waals surface area contributed by atoms with Gasteiger partial charge in [-0.15, -0.1) is 11.8 Å². The summed E-state index contributed by atoms with van der Waals surface area (Å²) in [5, 5.41) is 2.90. The van der Waals surface area contributed by atoms with Gasteiger partial charge < -0.3 is 5.32 Å². The predicted molar refractivity (Wildman–Crippen MR) is 86.5 cm³/mol. The van der Waals surface area contributed by atoms with E-state index < -0.39 is 0 Å². The van der Waals surface area contributed by atoms with Gasteiger partial charge in [-0.25, -0.2) is 0 Å². The lowest BCUT2D eigenvalue weighted by molar-refractivity contribution is 0.102. The summed E-state index contributed by atoms with van der Waals surface area (Å²) in [6, 6.07) is 17.3. The number of carbonyl (C=O) groups is 1. The maximum Gasteiger partial charge on any atom is 0.255 e. The van der Waals surface area contributed by atoms with Crippen LogP contribution in [-0.2, 0) is 0 Å². The van der Waals surface area contributed by atoms with Gasteiger partial charge in [-0.05, 0) is 48.6 Å². The Morgan fingerprint density at radius 1 is 1.05 bits per heavy atom. The molecule has 0 heterocycles. The third-order valence-electron chi connectivity index (χ3n) is 2.91. The Morgan fingerprint density at radius 2 is 1.75 bits per heavy atom. The first kappa shape index (κ1) is 14.7. The lowest BCUT2D eigenvalue weighted by atomic mass is 10.2. The number of benzene rings is 2. The fraction of sp³-hybridized carbons (Fsp3) is 0.235. The summed E-state index contributed by atoms with van der Waals surface area (Å²) in [5.74, 6) is 1.07. The summed E-state index contributed by atoms with van der Waals surface area (Å²) in [5.41, 5.74) is 1.51. The minimum Gasteiger partial charge on any atom is -0.322 e. The molecule has 0 radical (unpaired) electrons. The third kappa shape index (κ3) is 4.42. The SMILES string of the molecule is CCCCSc1ccc(NC(=O)c2ccccc2)cc1. The summed E-state index contributed by atoms with van der Waals surface area (Å²) in [6.45, 7) is 2.20. The second-order valence-corrected chi connectivity index (χ2v) is 5.71. The molecule has 2 rings (SSSR count). The Kier molecular flexibility index (Phi) is 5.69. The number of hydrogen-bond donors (Lipinski definition) is 1. The summed E-state index contributed by atoms with van der Waals surface area (Å²) in [6.07, 6.45) is 2.45. The van der Waals surface area contributed by atoms with Crippen molar-refractivity contribution >= 4 is 23.4 Å². The normalized spacial score (nSPS) is 10.2. The van der Waals surface area contributed by atoms with Crippen molar-refractivity contribution in [1.29, 1.82) is 0 Å². The monoisotopic (exact) mass is 285 g/mol. The van der Waals surface area contributed by atoms with E-state index in [1.807, 2.05) is 54.2 Å². The van der Waals surface area contributed by atoms with E-state index in [0.29, 0.717) is 5.56 Å². The highest BCUT2D eigenvalue weighted by molar-refractivity contribution is 7.99. The molecule has 0 aliphatic carbocycles. The fourth-order valence-corrected chi connectivity index (χ4v) is 2.76. The van der Waals surface area contributed by atoms with Crippen LogP contribution in [0.15, 0.2) is 59.5 Å². The first-order valence-electron chi connectivity index (χ1n) is 6.89. The Bertz CT molecular complexity index is 537. The van der Waals surface area contributed by atoms with Gasteiger partial charge in [0.2, 0.25) is 0 Å². The van der Waals surface area contributed by atoms with Crippen molar-refractivity contribution < 1.29 is 4.79 Å². The smallest absolute Gasteiger partial charge is 0.255 e. The Balaban J connectivity index is 1.92. The lowest BCUT2D eigenvalue weighted by Gasteiger charge is -2.06. The maximum absolute atomic E-state index is 12.0. The van der Waals surface area contributed by atoms with Gasteiger partial charge >= 0.3 is 0 Å². The minimum atomic E-state index is -0.0722. The molecular formula is C17H19NOS. The molecule has 1 N–H and O–H groups in total. The molecule has 0 aliphatic rings. The zero-order valence-corrected chi connectivity index (χ0v) is 12.5. The number of unbranched alkanes of at least 4 members (excludes halogenated alkanes) is 1. The highest BCUT2D eigenvalue weighted by atomic mass is 32.2. The molecule has 104 valence electrons. The van der Waals surface area contributed by atoms with Gasteiger partial charge in [0, 0.05) is 16.1 Å². The van der Waals surface area contributed by atoms with Gasteiger partial charge in [0.05, 0.1) is 0 Å². The van der Waals surface area contributed by atoms with Crippen LogP contribution in [0.2, 0.25) is 0 Å². The van der Waals surface area contributed by atoms with Crippen LogP contribution in [0.1, 0.15) is 30.1 Å². The molecule has 1 amide bonds. The van der Waals surface area contributed by atoms with E-state index in [4.69, 9.17) is 0 Å². The van der Waals surface area contributed by atoms with Gasteiger partial charge in [-0.2, -0.15) is 0 Å². The summed E-state index contributed by atoms with van der Waals surface area (Å²) in [4.78, 5) is 13.2. The topological polar surface area (TPSA) is 29.1 Å². The van der Waals surface area contributed by atoms with Crippen LogP contribution in [0.3, 0.4) is 0 Å². The molecule has 2 aromatic carbocycles. The van der Waals surface area contributed by atoms with Crippen molar-refractivity contribution in [2.75, 3.05) is 11.1 Å². The lowest BCUT2D eigenvalue weighted by Crippen LogP contribution is -2.11. The molecule has 20 heavy (non-hydrogen) atoms. The summed E-state index contributed by atoms with van der Waals surface area (Å²) < 4.78 is 0. The van der Waals surface area contributed by atoms with E-state index in [1.165, 1.54) is 17.7 Å². The maximum atomic E-state index is 12.0. The van der Waals surface area contributed by atoms with Crippen LogP contribution in [0.5, 0.6) is 0 Å². The quantitative estimate of drug-likeness (QED) is 0.608. The molecule has 0 saturated heterocycles. The fourth-order valence-electron chi connectivity index (χ4n) is 1.76. The van der Waals surface area contributed by atoms with Crippen LogP contribution >= 0.6 is 11.8 Å². The largest absolute Gasteiger partial charge is 0.322 e. The van der Waals surface area contributed by atoms with Gasteiger partial charge in [0.15, 0.2) is 0 Å². The minimum absolute atomic E-state index is 0.0722. The predicted octanol–water partition coefficient (Wildman–Crippen LogP) is 4.83. The number of amides is 1. The van der Waals surface area contributed by atoms with Gasteiger partial charge in [0.1, 0.15) is 0 Å². The van der Waals surface area contributed by atoms with Crippen molar-refractivity contribution in [2.24, 2.45) is 0 Å². The molecule has 0 fully saturated rings. The molecule has 2 aromatic rings. The molecule has 0 saturated carbocycles. The first-order valence-corrected chi connectivity index (χ1v) is 7.87.